The number of carbonyl (C=O) groups is 1. The second-order valence-corrected chi connectivity index (χ2v) is 8.04. The minimum absolute atomic E-state index is 0.361. The van der Waals surface area contributed by atoms with Crippen LogP contribution in [-0.2, 0) is 21.0 Å². The van der Waals surface area contributed by atoms with E-state index in [9.17, 15) is 26.4 Å². The molecule has 0 atom stereocenters. The normalized spacial score (nSPS) is 11.7. The molecule has 3 aromatic carbocycles. The second kappa shape index (κ2) is 9.19. The predicted molar refractivity (Wildman–Crippen MR) is 108 cm³/mol. The van der Waals surface area contributed by atoms with Crippen molar-refractivity contribution in [1.29, 1.82) is 0 Å². The van der Waals surface area contributed by atoms with E-state index in [1.807, 2.05) is 22.9 Å². The number of carbonyl (C=O) groups excluding carboxylic acids is 1. The minimum Gasteiger partial charge on any atom is -0.457 e. The van der Waals surface area contributed by atoms with Gasteiger partial charge >= 0.3 is 6.18 Å². The molecule has 0 bridgehead atoms. The minimum atomic E-state index is -4.85. The number of halogens is 3. The van der Waals surface area contributed by atoms with Gasteiger partial charge in [-0.05, 0) is 48.5 Å². The van der Waals surface area contributed by atoms with E-state index in [0.717, 1.165) is 12.1 Å². The second-order valence-electron chi connectivity index (χ2n) is 6.31. The van der Waals surface area contributed by atoms with Crippen molar-refractivity contribution in [3.05, 3.63) is 84.4 Å². The Bertz CT molecular complexity index is 1150. The van der Waals surface area contributed by atoms with E-state index in [2.05, 4.69) is 5.32 Å². The molecule has 0 heterocycles. The Kier molecular flexibility index (Phi) is 6.62. The van der Waals surface area contributed by atoms with Crippen LogP contribution in [-0.4, -0.2) is 20.9 Å². The fraction of sp³-hybridized carbons (Fsp3) is 0.0952. The van der Waals surface area contributed by atoms with Gasteiger partial charge in [0.2, 0.25) is 15.9 Å². The first-order valence-corrected chi connectivity index (χ1v) is 10.4. The van der Waals surface area contributed by atoms with Gasteiger partial charge < -0.3 is 10.1 Å². The van der Waals surface area contributed by atoms with Crippen molar-refractivity contribution in [2.45, 2.75) is 11.1 Å². The highest BCUT2D eigenvalue weighted by atomic mass is 32.2. The van der Waals surface area contributed by atoms with Crippen molar-refractivity contribution in [2.24, 2.45) is 0 Å². The average Bonchev–Trinajstić information content (AvgIpc) is 2.74. The number of nitrogens with one attached hydrogen (secondary N) is 2. The van der Waals surface area contributed by atoms with Gasteiger partial charge in [0.25, 0.3) is 0 Å². The van der Waals surface area contributed by atoms with Gasteiger partial charge in [0.15, 0.2) is 0 Å². The number of para-hydroxylation sites is 1. The van der Waals surface area contributed by atoms with Gasteiger partial charge in [-0.3, -0.25) is 4.79 Å². The summed E-state index contributed by atoms with van der Waals surface area (Å²) >= 11 is 0. The molecule has 0 saturated carbocycles. The van der Waals surface area contributed by atoms with Crippen molar-refractivity contribution < 1.29 is 31.1 Å². The van der Waals surface area contributed by atoms with Crippen molar-refractivity contribution in [3.8, 4) is 11.5 Å². The topological polar surface area (TPSA) is 84.5 Å². The van der Waals surface area contributed by atoms with Crippen LogP contribution in [0, 0.1) is 0 Å². The standard InChI is InChI=1S/C21H17F3N2O4S/c22-21(23,24)18-8-4-5-9-19(18)31(28,29)25-14-20(27)26-15-10-12-17(13-11-15)30-16-6-2-1-3-7-16/h1-13,25H,14H2,(H,26,27). The van der Waals surface area contributed by atoms with Crippen molar-refractivity contribution in [2.75, 3.05) is 11.9 Å². The number of sulfonamides is 1. The zero-order valence-corrected chi connectivity index (χ0v) is 16.7. The van der Waals surface area contributed by atoms with Gasteiger partial charge in [-0.1, -0.05) is 30.3 Å². The maximum atomic E-state index is 13.1. The quantitative estimate of drug-likeness (QED) is 0.558. The molecule has 1 amide bonds. The highest BCUT2D eigenvalue weighted by Crippen LogP contribution is 2.33. The molecule has 0 spiro atoms. The summed E-state index contributed by atoms with van der Waals surface area (Å²) in [5.41, 5.74) is -0.947. The zero-order chi connectivity index (χ0) is 22.5. The number of ether oxygens (including phenoxy) is 1. The van der Waals surface area contributed by atoms with E-state index < -0.39 is 39.1 Å². The highest BCUT2D eigenvalue weighted by Gasteiger charge is 2.36. The van der Waals surface area contributed by atoms with E-state index in [-0.39, 0.29) is 0 Å². The van der Waals surface area contributed by atoms with E-state index in [1.165, 1.54) is 6.07 Å². The third-order valence-corrected chi connectivity index (χ3v) is 5.48. The van der Waals surface area contributed by atoms with Crippen LogP contribution in [0.4, 0.5) is 18.9 Å². The van der Waals surface area contributed by atoms with Crippen molar-refractivity contribution in [1.82, 2.24) is 4.72 Å². The third-order valence-electron chi connectivity index (χ3n) is 4.02. The van der Waals surface area contributed by atoms with Crippen LogP contribution in [0.5, 0.6) is 11.5 Å². The summed E-state index contributed by atoms with van der Waals surface area (Å²) in [6.07, 6.45) is -4.85. The molecular formula is C21H17F3N2O4S. The van der Waals surface area contributed by atoms with Gasteiger partial charge in [-0.15, -0.1) is 0 Å². The summed E-state index contributed by atoms with van der Waals surface area (Å²) in [5, 5.41) is 2.46. The molecule has 0 unspecified atom stereocenters. The van der Waals surface area contributed by atoms with Crippen LogP contribution < -0.4 is 14.8 Å². The van der Waals surface area contributed by atoms with Gasteiger partial charge in [0.05, 0.1) is 17.0 Å². The van der Waals surface area contributed by atoms with Crippen LogP contribution >= 0.6 is 0 Å². The number of rotatable bonds is 7. The molecule has 0 radical (unpaired) electrons. The number of anilines is 1. The molecule has 6 nitrogen and oxygen atoms in total. The molecule has 0 saturated heterocycles. The number of hydrogen-bond acceptors (Lipinski definition) is 4. The molecule has 0 fully saturated rings. The smallest absolute Gasteiger partial charge is 0.417 e. The summed E-state index contributed by atoms with van der Waals surface area (Å²) in [6.45, 7) is -0.739. The Balaban J connectivity index is 1.60. The summed E-state index contributed by atoms with van der Waals surface area (Å²) < 4.78 is 71.2. The molecule has 31 heavy (non-hydrogen) atoms. The number of alkyl halides is 3. The van der Waals surface area contributed by atoms with Gasteiger partial charge in [0, 0.05) is 5.69 Å². The van der Waals surface area contributed by atoms with Crippen LogP contribution in [0.15, 0.2) is 83.8 Å². The Morgan fingerprint density at radius 2 is 1.42 bits per heavy atom. The summed E-state index contributed by atoms with van der Waals surface area (Å²) in [7, 11) is -4.55. The Labute approximate surface area is 176 Å². The molecule has 162 valence electrons. The Morgan fingerprint density at radius 3 is 2.06 bits per heavy atom. The van der Waals surface area contributed by atoms with Gasteiger partial charge in [-0.25, -0.2) is 13.1 Å². The van der Waals surface area contributed by atoms with Crippen LogP contribution in [0.25, 0.3) is 0 Å². The molecule has 3 aromatic rings. The molecular weight excluding hydrogens is 433 g/mol. The lowest BCUT2D eigenvalue weighted by Gasteiger charge is -2.13. The van der Waals surface area contributed by atoms with E-state index in [0.29, 0.717) is 23.3 Å². The average molecular weight is 450 g/mol. The van der Waals surface area contributed by atoms with Gasteiger partial charge in [-0.2, -0.15) is 13.2 Å². The maximum absolute atomic E-state index is 13.1. The Morgan fingerprint density at radius 1 is 0.839 bits per heavy atom. The number of hydrogen-bond donors (Lipinski definition) is 2. The van der Waals surface area contributed by atoms with Crippen molar-refractivity contribution >= 4 is 21.6 Å². The molecule has 0 aliphatic rings. The summed E-state index contributed by atoms with van der Waals surface area (Å²) in [5.74, 6) is 0.409. The van der Waals surface area contributed by atoms with E-state index in [1.54, 1.807) is 36.4 Å². The fourth-order valence-corrected chi connectivity index (χ4v) is 3.82. The van der Waals surface area contributed by atoms with Crippen LogP contribution in [0.3, 0.4) is 0 Å². The number of benzene rings is 3. The zero-order valence-electron chi connectivity index (χ0n) is 15.9. The van der Waals surface area contributed by atoms with E-state index in [4.69, 9.17) is 4.74 Å². The van der Waals surface area contributed by atoms with E-state index >= 15 is 0 Å². The van der Waals surface area contributed by atoms with Crippen molar-refractivity contribution in [3.63, 3.8) is 0 Å². The molecule has 10 heteroatoms. The van der Waals surface area contributed by atoms with Crippen LogP contribution in [0.1, 0.15) is 5.56 Å². The third kappa shape index (κ3) is 6.06. The first-order valence-electron chi connectivity index (χ1n) is 8.94. The van der Waals surface area contributed by atoms with Crippen LogP contribution in [0.2, 0.25) is 0 Å². The molecule has 2 N–H and O–H groups in total. The SMILES string of the molecule is O=C(CNS(=O)(=O)c1ccccc1C(F)(F)F)Nc1ccc(Oc2ccccc2)cc1. The maximum Gasteiger partial charge on any atom is 0.417 e. The largest absolute Gasteiger partial charge is 0.457 e. The first-order chi connectivity index (χ1) is 14.6. The molecule has 3 rings (SSSR count). The Hall–Kier alpha value is -3.37. The fourth-order valence-electron chi connectivity index (χ4n) is 2.61. The molecule has 0 aliphatic heterocycles. The van der Waals surface area contributed by atoms with Gasteiger partial charge in [0.1, 0.15) is 11.5 Å². The summed E-state index contributed by atoms with van der Waals surface area (Å²) in [6, 6.07) is 19.1. The molecule has 0 aromatic heterocycles. The summed E-state index contributed by atoms with van der Waals surface area (Å²) in [4.78, 5) is 11.1. The predicted octanol–water partition coefficient (Wildman–Crippen LogP) is 4.41. The lowest BCUT2D eigenvalue weighted by atomic mass is 10.2. The highest BCUT2D eigenvalue weighted by molar-refractivity contribution is 7.89. The molecule has 0 aliphatic carbocycles. The first kappa shape index (κ1) is 22.3. The number of amides is 1. The lowest BCUT2D eigenvalue weighted by Crippen LogP contribution is -2.33. The lowest BCUT2D eigenvalue weighted by molar-refractivity contribution is -0.139. The monoisotopic (exact) mass is 450 g/mol.